The number of hydrogen-bond acceptors (Lipinski definition) is 3. The molecule has 1 fully saturated rings. The summed E-state index contributed by atoms with van der Waals surface area (Å²) in [5.74, 6) is -1.11. The molecule has 0 heterocycles. The fourth-order valence-electron chi connectivity index (χ4n) is 1.86. The van der Waals surface area contributed by atoms with Crippen molar-refractivity contribution >= 4 is 6.08 Å². The zero-order chi connectivity index (χ0) is 12.5. The molecule has 0 atom stereocenters. The molecular weight excluding hydrogens is 228 g/mol. The van der Waals surface area contributed by atoms with E-state index in [0.29, 0.717) is 12.8 Å². The number of aliphatic imine (C=N–C) groups is 1. The molecule has 17 heavy (non-hydrogen) atoms. The zero-order valence-corrected chi connectivity index (χ0v) is 9.30. The van der Waals surface area contributed by atoms with Crippen molar-refractivity contribution in [1.82, 2.24) is 0 Å². The summed E-state index contributed by atoms with van der Waals surface area (Å²) in [5, 5.41) is 0. The molecular formula is C12H11F2NO2. The van der Waals surface area contributed by atoms with Gasteiger partial charge in [0.25, 0.3) is 0 Å². The van der Waals surface area contributed by atoms with Crippen molar-refractivity contribution < 1.29 is 18.3 Å². The zero-order valence-electron chi connectivity index (χ0n) is 9.30. The summed E-state index contributed by atoms with van der Waals surface area (Å²) in [4.78, 5) is 13.8. The highest BCUT2D eigenvalue weighted by molar-refractivity contribution is 5.42. The first-order valence-corrected chi connectivity index (χ1v) is 5.19. The van der Waals surface area contributed by atoms with E-state index in [0.717, 1.165) is 12.1 Å². The van der Waals surface area contributed by atoms with Crippen LogP contribution in [0.25, 0.3) is 0 Å². The molecule has 0 aliphatic heterocycles. The molecule has 1 aromatic carbocycles. The predicted octanol–water partition coefficient (Wildman–Crippen LogP) is 2.44. The Labute approximate surface area is 97.1 Å². The molecule has 3 nitrogen and oxygen atoms in total. The van der Waals surface area contributed by atoms with Gasteiger partial charge in [0.1, 0.15) is 17.2 Å². The maximum Gasteiger partial charge on any atom is 0.235 e. The molecule has 0 aromatic heterocycles. The lowest BCUT2D eigenvalue weighted by Crippen LogP contribution is -2.08. The minimum absolute atomic E-state index is 0.00693. The molecule has 0 unspecified atom stereocenters. The minimum Gasteiger partial charge on any atom is -0.380 e. The van der Waals surface area contributed by atoms with Crippen LogP contribution >= 0.6 is 0 Å². The Bertz CT molecular complexity index is 492. The van der Waals surface area contributed by atoms with Gasteiger partial charge in [0.05, 0.1) is 6.61 Å². The van der Waals surface area contributed by atoms with Crippen molar-refractivity contribution in [2.75, 3.05) is 7.11 Å². The van der Waals surface area contributed by atoms with Crippen LogP contribution in [0.1, 0.15) is 24.0 Å². The van der Waals surface area contributed by atoms with Crippen LogP contribution in [0.15, 0.2) is 17.1 Å². The van der Waals surface area contributed by atoms with Crippen LogP contribution in [-0.2, 0) is 21.7 Å². The topological polar surface area (TPSA) is 38.7 Å². The smallest absolute Gasteiger partial charge is 0.235 e. The molecule has 2 rings (SSSR count). The molecule has 1 aromatic rings. The normalized spacial score (nSPS) is 16.4. The summed E-state index contributed by atoms with van der Waals surface area (Å²) < 4.78 is 32.2. The van der Waals surface area contributed by atoms with Crippen molar-refractivity contribution in [3.63, 3.8) is 0 Å². The van der Waals surface area contributed by atoms with Gasteiger partial charge >= 0.3 is 0 Å². The molecule has 1 aliphatic carbocycles. The maximum atomic E-state index is 13.8. The summed E-state index contributed by atoms with van der Waals surface area (Å²) in [6, 6.07) is 2.19. The number of nitrogens with zero attached hydrogens (tertiary/aromatic N) is 1. The van der Waals surface area contributed by atoms with Gasteiger partial charge in [-0.2, -0.15) is 4.99 Å². The third-order valence-electron chi connectivity index (χ3n) is 2.92. The molecule has 5 heteroatoms. The van der Waals surface area contributed by atoms with Crippen LogP contribution in [0, 0.1) is 11.6 Å². The van der Waals surface area contributed by atoms with Crippen LogP contribution in [0.4, 0.5) is 8.78 Å². The fourth-order valence-corrected chi connectivity index (χ4v) is 1.86. The number of methoxy groups -OCH3 is 1. The SMILES string of the molecule is COCc1cc(F)c(C2(N=C=O)CC2)cc1F. The number of carbonyl (C=O) groups excluding carboxylic acids is 1. The summed E-state index contributed by atoms with van der Waals surface area (Å²) in [6.45, 7) is 0.00693. The summed E-state index contributed by atoms with van der Waals surface area (Å²) in [6.07, 6.45) is 2.50. The summed E-state index contributed by atoms with van der Waals surface area (Å²) >= 11 is 0. The maximum absolute atomic E-state index is 13.8. The van der Waals surface area contributed by atoms with Crippen molar-refractivity contribution in [3.8, 4) is 0 Å². The van der Waals surface area contributed by atoms with Gasteiger partial charge in [0, 0.05) is 18.2 Å². The molecule has 0 amide bonds. The Kier molecular flexibility index (Phi) is 3.05. The lowest BCUT2D eigenvalue weighted by Gasteiger charge is -2.11. The lowest BCUT2D eigenvalue weighted by molar-refractivity contribution is 0.181. The minimum atomic E-state index is -0.891. The van der Waals surface area contributed by atoms with Crippen LogP contribution in [0.3, 0.4) is 0 Å². The van der Waals surface area contributed by atoms with Crippen molar-refractivity contribution in [2.24, 2.45) is 4.99 Å². The fraction of sp³-hybridized carbons (Fsp3) is 0.417. The molecule has 0 N–H and O–H groups in total. The predicted molar refractivity (Wildman–Crippen MR) is 56.1 cm³/mol. The van der Waals surface area contributed by atoms with E-state index in [2.05, 4.69) is 4.99 Å². The highest BCUT2D eigenvalue weighted by atomic mass is 19.1. The van der Waals surface area contributed by atoms with E-state index in [1.165, 1.54) is 13.2 Å². The van der Waals surface area contributed by atoms with Crippen molar-refractivity contribution in [1.29, 1.82) is 0 Å². The Balaban J connectivity index is 2.43. The highest BCUT2D eigenvalue weighted by Crippen LogP contribution is 2.50. The van der Waals surface area contributed by atoms with Gasteiger partial charge in [0.2, 0.25) is 6.08 Å². The molecule has 1 saturated carbocycles. The molecule has 0 bridgehead atoms. The third-order valence-corrected chi connectivity index (χ3v) is 2.92. The molecule has 0 radical (unpaired) electrons. The summed E-state index contributed by atoms with van der Waals surface area (Å²) in [5.41, 5.74) is -0.615. The number of hydrogen-bond donors (Lipinski definition) is 0. The second-order valence-electron chi connectivity index (χ2n) is 4.09. The Morgan fingerprint density at radius 1 is 1.41 bits per heavy atom. The van der Waals surface area contributed by atoms with Crippen LogP contribution in [0.5, 0.6) is 0 Å². The van der Waals surface area contributed by atoms with Gasteiger partial charge in [-0.1, -0.05) is 0 Å². The Morgan fingerprint density at radius 2 is 2.12 bits per heavy atom. The van der Waals surface area contributed by atoms with Gasteiger partial charge < -0.3 is 4.74 Å². The first-order chi connectivity index (χ1) is 8.13. The molecule has 0 spiro atoms. The number of isocyanates is 1. The second-order valence-corrected chi connectivity index (χ2v) is 4.09. The van der Waals surface area contributed by atoms with E-state index in [1.807, 2.05) is 0 Å². The highest BCUT2D eigenvalue weighted by Gasteiger charge is 2.47. The third kappa shape index (κ3) is 2.12. The number of ether oxygens (including phenoxy) is 1. The van der Waals surface area contributed by atoms with Crippen LogP contribution < -0.4 is 0 Å². The second kappa shape index (κ2) is 4.35. The molecule has 0 saturated heterocycles. The van der Waals surface area contributed by atoms with Gasteiger partial charge in [-0.15, -0.1) is 0 Å². The van der Waals surface area contributed by atoms with Gasteiger partial charge in [0.15, 0.2) is 0 Å². The van der Waals surface area contributed by atoms with Gasteiger partial charge in [-0.25, -0.2) is 13.6 Å². The number of halogens is 2. The first-order valence-electron chi connectivity index (χ1n) is 5.19. The largest absolute Gasteiger partial charge is 0.380 e. The quantitative estimate of drug-likeness (QED) is 0.598. The summed E-state index contributed by atoms with van der Waals surface area (Å²) in [7, 11) is 1.41. The molecule has 90 valence electrons. The monoisotopic (exact) mass is 239 g/mol. The van der Waals surface area contributed by atoms with Crippen molar-refractivity contribution in [2.45, 2.75) is 25.0 Å². The van der Waals surface area contributed by atoms with E-state index >= 15 is 0 Å². The van der Waals surface area contributed by atoms with E-state index in [9.17, 15) is 13.6 Å². The standard InChI is InChI=1S/C12H11F2NO2/c1-17-6-8-4-11(14)9(5-10(8)13)12(2-3-12)15-7-16/h4-5H,2-3,6H2,1H3. The van der Waals surface area contributed by atoms with Crippen LogP contribution in [-0.4, -0.2) is 13.2 Å². The Hall–Kier alpha value is -1.58. The molecule has 1 aliphatic rings. The van der Waals surface area contributed by atoms with E-state index < -0.39 is 17.2 Å². The van der Waals surface area contributed by atoms with Gasteiger partial charge in [-0.3, -0.25) is 0 Å². The number of rotatable bonds is 4. The average molecular weight is 239 g/mol. The van der Waals surface area contributed by atoms with E-state index in [1.54, 1.807) is 0 Å². The van der Waals surface area contributed by atoms with Crippen LogP contribution in [0.2, 0.25) is 0 Å². The average Bonchev–Trinajstić information content (AvgIpc) is 3.05. The first kappa shape index (κ1) is 11.9. The van der Waals surface area contributed by atoms with Crippen molar-refractivity contribution in [3.05, 3.63) is 34.9 Å². The number of benzene rings is 1. The van der Waals surface area contributed by atoms with Gasteiger partial charge in [-0.05, 0) is 25.0 Å². The van der Waals surface area contributed by atoms with E-state index in [-0.39, 0.29) is 17.7 Å². The lowest BCUT2D eigenvalue weighted by atomic mass is 10.0. The van der Waals surface area contributed by atoms with E-state index in [4.69, 9.17) is 4.74 Å². The Morgan fingerprint density at radius 3 is 2.65 bits per heavy atom.